The monoisotopic (exact) mass is 512 g/mol. The highest BCUT2D eigenvalue weighted by molar-refractivity contribution is 14.0. The van der Waals surface area contributed by atoms with Crippen molar-refractivity contribution >= 4 is 29.9 Å². The normalized spacial score (nSPS) is 17.2. The van der Waals surface area contributed by atoms with E-state index in [1.165, 1.54) is 5.56 Å². The Morgan fingerprint density at radius 2 is 1.86 bits per heavy atom. The van der Waals surface area contributed by atoms with Crippen LogP contribution in [0.25, 0.3) is 0 Å². The van der Waals surface area contributed by atoms with Gasteiger partial charge in [0.05, 0.1) is 6.26 Å². The van der Waals surface area contributed by atoms with Crippen molar-refractivity contribution in [1.82, 2.24) is 16.0 Å². The molecule has 1 aromatic carbocycles. The third kappa shape index (κ3) is 7.31. The van der Waals surface area contributed by atoms with Crippen molar-refractivity contribution in [3.8, 4) is 0 Å². The molecule has 0 bridgehead atoms. The molecule has 2 aromatic rings. The summed E-state index contributed by atoms with van der Waals surface area (Å²) in [6.45, 7) is 7.97. The summed E-state index contributed by atoms with van der Waals surface area (Å²) in [6.07, 6.45) is 3.61. The van der Waals surface area contributed by atoms with Crippen LogP contribution in [0.2, 0.25) is 0 Å². The second-order valence-electron chi connectivity index (χ2n) is 7.30. The van der Waals surface area contributed by atoms with Crippen LogP contribution in [-0.4, -0.2) is 37.8 Å². The zero-order chi connectivity index (χ0) is 19.7. The Bertz CT molecular complexity index is 716. The first-order chi connectivity index (χ1) is 13.7. The third-order valence-corrected chi connectivity index (χ3v) is 5.18. The molecule has 1 saturated heterocycles. The number of furan rings is 1. The second kappa shape index (κ2) is 12.2. The Morgan fingerprint density at radius 3 is 2.52 bits per heavy atom. The van der Waals surface area contributed by atoms with E-state index < -0.39 is 0 Å². The lowest BCUT2D eigenvalue weighted by molar-refractivity contribution is 0.0355. The molecule has 0 spiro atoms. The van der Waals surface area contributed by atoms with Gasteiger partial charge in [-0.15, -0.1) is 24.0 Å². The van der Waals surface area contributed by atoms with E-state index in [9.17, 15) is 0 Å². The molecule has 1 aliphatic heterocycles. The standard InChI is InChI=1S/C22H32N4O2.HI/c1-3-23-21(24-16-20-10-7-13-28-20)25-17-22(11-14-27-15-12-22)26-18(2)19-8-5-4-6-9-19;/h4-10,13,18,26H,3,11-12,14-17H2,1-2H3,(H2,23,24,25);1H. The van der Waals surface area contributed by atoms with Gasteiger partial charge in [-0.2, -0.15) is 0 Å². The summed E-state index contributed by atoms with van der Waals surface area (Å²) in [5.74, 6) is 1.66. The van der Waals surface area contributed by atoms with E-state index in [2.05, 4.69) is 65.1 Å². The van der Waals surface area contributed by atoms with Gasteiger partial charge >= 0.3 is 0 Å². The molecular weight excluding hydrogens is 479 g/mol. The average Bonchev–Trinajstić information content (AvgIpc) is 3.25. The zero-order valence-electron chi connectivity index (χ0n) is 17.3. The molecule has 29 heavy (non-hydrogen) atoms. The van der Waals surface area contributed by atoms with Gasteiger partial charge in [-0.1, -0.05) is 30.3 Å². The Balaban J connectivity index is 0.00000300. The highest BCUT2D eigenvalue weighted by atomic mass is 127. The maximum atomic E-state index is 5.64. The number of benzene rings is 1. The number of nitrogens with zero attached hydrogens (tertiary/aromatic N) is 1. The largest absolute Gasteiger partial charge is 0.467 e. The Hall–Kier alpha value is -1.58. The Morgan fingerprint density at radius 1 is 1.10 bits per heavy atom. The van der Waals surface area contributed by atoms with Crippen molar-refractivity contribution in [2.75, 3.05) is 26.3 Å². The van der Waals surface area contributed by atoms with Crippen LogP contribution in [0.5, 0.6) is 0 Å². The van der Waals surface area contributed by atoms with Gasteiger partial charge in [0, 0.05) is 37.9 Å². The number of nitrogens with one attached hydrogen (secondary N) is 3. The van der Waals surface area contributed by atoms with Crippen LogP contribution in [-0.2, 0) is 11.3 Å². The molecule has 160 valence electrons. The quantitative estimate of drug-likeness (QED) is 0.285. The molecule has 0 saturated carbocycles. The molecule has 1 atom stereocenters. The van der Waals surface area contributed by atoms with Crippen molar-refractivity contribution in [2.24, 2.45) is 4.99 Å². The predicted octanol–water partition coefficient (Wildman–Crippen LogP) is 3.85. The number of aliphatic imine (C=N–C) groups is 1. The molecule has 2 heterocycles. The van der Waals surface area contributed by atoms with Crippen molar-refractivity contribution < 1.29 is 9.15 Å². The van der Waals surface area contributed by atoms with Crippen molar-refractivity contribution in [3.05, 3.63) is 60.1 Å². The van der Waals surface area contributed by atoms with Crippen LogP contribution < -0.4 is 16.0 Å². The lowest BCUT2D eigenvalue weighted by Crippen LogP contribution is -2.58. The summed E-state index contributed by atoms with van der Waals surface area (Å²) in [5, 5.41) is 10.7. The zero-order valence-corrected chi connectivity index (χ0v) is 19.6. The summed E-state index contributed by atoms with van der Waals surface area (Å²) >= 11 is 0. The van der Waals surface area contributed by atoms with E-state index >= 15 is 0 Å². The number of halogens is 1. The van der Waals surface area contributed by atoms with E-state index in [0.29, 0.717) is 6.54 Å². The van der Waals surface area contributed by atoms with E-state index in [1.54, 1.807) is 6.26 Å². The van der Waals surface area contributed by atoms with Crippen molar-refractivity contribution in [2.45, 2.75) is 44.8 Å². The maximum Gasteiger partial charge on any atom is 0.191 e. The average molecular weight is 512 g/mol. The van der Waals surface area contributed by atoms with Gasteiger partial charge in [0.25, 0.3) is 0 Å². The number of guanidine groups is 1. The molecule has 0 radical (unpaired) electrons. The van der Waals surface area contributed by atoms with Crippen LogP contribution in [0.3, 0.4) is 0 Å². The minimum Gasteiger partial charge on any atom is -0.467 e. The molecule has 6 nitrogen and oxygen atoms in total. The first-order valence-corrected chi connectivity index (χ1v) is 10.2. The predicted molar refractivity (Wildman–Crippen MR) is 128 cm³/mol. The molecule has 1 fully saturated rings. The molecule has 3 rings (SSSR count). The number of ether oxygens (including phenoxy) is 1. The van der Waals surface area contributed by atoms with E-state index in [0.717, 1.165) is 50.9 Å². The fraction of sp³-hybridized carbons (Fsp3) is 0.500. The van der Waals surface area contributed by atoms with E-state index in [4.69, 9.17) is 9.15 Å². The summed E-state index contributed by atoms with van der Waals surface area (Å²) in [4.78, 5) is 4.65. The van der Waals surface area contributed by atoms with Gasteiger partial charge in [0.2, 0.25) is 0 Å². The van der Waals surface area contributed by atoms with Crippen LogP contribution >= 0.6 is 24.0 Å². The highest BCUT2D eigenvalue weighted by Gasteiger charge is 2.34. The van der Waals surface area contributed by atoms with E-state index in [1.807, 2.05) is 12.1 Å². The van der Waals surface area contributed by atoms with Crippen LogP contribution in [0, 0.1) is 0 Å². The minimum absolute atomic E-state index is 0. The van der Waals surface area contributed by atoms with Crippen LogP contribution in [0.4, 0.5) is 0 Å². The first kappa shape index (κ1) is 23.7. The minimum atomic E-state index is -0.0334. The molecule has 1 unspecified atom stereocenters. The lowest BCUT2D eigenvalue weighted by atomic mass is 9.88. The molecule has 1 aromatic heterocycles. The lowest BCUT2D eigenvalue weighted by Gasteiger charge is -2.41. The fourth-order valence-electron chi connectivity index (χ4n) is 3.57. The van der Waals surface area contributed by atoms with Crippen LogP contribution in [0.1, 0.15) is 44.1 Å². The smallest absolute Gasteiger partial charge is 0.191 e. The first-order valence-electron chi connectivity index (χ1n) is 10.2. The maximum absolute atomic E-state index is 5.64. The van der Waals surface area contributed by atoms with Gasteiger partial charge in [0.15, 0.2) is 5.96 Å². The van der Waals surface area contributed by atoms with Crippen molar-refractivity contribution in [3.63, 3.8) is 0 Å². The topological polar surface area (TPSA) is 70.8 Å². The van der Waals surface area contributed by atoms with Crippen LogP contribution in [0.15, 0.2) is 58.1 Å². The Kier molecular flexibility index (Phi) is 9.96. The number of hydrogen-bond acceptors (Lipinski definition) is 4. The van der Waals surface area contributed by atoms with Gasteiger partial charge in [0.1, 0.15) is 12.3 Å². The summed E-state index contributed by atoms with van der Waals surface area (Å²) in [7, 11) is 0. The summed E-state index contributed by atoms with van der Waals surface area (Å²) < 4.78 is 11.0. The highest BCUT2D eigenvalue weighted by Crippen LogP contribution is 2.25. The second-order valence-corrected chi connectivity index (χ2v) is 7.30. The van der Waals surface area contributed by atoms with Gasteiger partial charge in [-0.3, -0.25) is 0 Å². The fourth-order valence-corrected chi connectivity index (χ4v) is 3.57. The SMILES string of the molecule is CCNC(=NCc1ccco1)NCC1(NC(C)c2ccccc2)CCOCC1.I. The number of rotatable bonds is 8. The molecule has 0 amide bonds. The van der Waals surface area contributed by atoms with E-state index in [-0.39, 0.29) is 35.6 Å². The van der Waals surface area contributed by atoms with Gasteiger partial charge in [-0.05, 0) is 44.4 Å². The third-order valence-electron chi connectivity index (χ3n) is 5.18. The van der Waals surface area contributed by atoms with Gasteiger partial charge in [-0.25, -0.2) is 4.99 Å². The number of hydrogen-bond donors (Lipinski definition) is 3. The summed E-state index contributed by atoms with van der Waals surface area (Å²) in [5.41, 5.74) is 1.26. The Labute approximate surface area is 190 Å². The molecular formula is C22H33IN4O2. The van der Waals surface area contributed by atoms with Gasteiger partial charge < -0.3 is 25.1 Å². The molecule has 0 aliphatic carbocycles. The van der Waals surface area contributed by atoms with Crippen molar-refractivity contribution in [1.29, 1.82) is 0 Å². The summed E-state index contributed by atoms with van der Waals surface area (Å²) in [6, 6.07) is 14.7. The molecule has 3 N–H and O–H groups in total. The molecule has 1 aliphatic rings. The molecule has 7 heteroatoms.